The largest absolute Gasteiger partial charge is 0.431 e. The van der Waals surface area contributed by atoms with Gasteiger partial charge < -0.3 is 4.52 Å². The highest BCUT2D eigenvalue weighted by molar-refractivity contribution is 7.85. The van der Waals surface area contributed by atoms with Gasteiger partial charge >= 0.3 is 6.72 Å². The van der Waals surface area contributed by atoms with E-state index in [4.69, 9.17) is 39.0 Å². The van der Waals surface area contributed by atoms with Crippen LogP contribution in [0.3, 0.4) is 0 Å². The van der Waals surface area contributed by atoms with Gasteiger partial charge in [-0.1, -0.05) is 23.2 Å². The Kier molecular flexibility index (Phi) is 3.53. The second-order valence-electron chi connectivity index (χ2n) is 2.41. The maximum absolute atomic E-state index is 11.1. The molecule has 0 aliphatic rings. The minimum atomic E-state index is -3.08. The summed E-state index contributed by atoms with van der Waals surface area (Å²) in [4.78, 5) is 0. The molecule has 6 heteroatoms. The Hall–Kier alpha value is 0.120. The van der Waals surface area contributed by atoms with E-state index in [2.05, 4.69) is 0 Å². The maximum atomic E-state index is 11.1. The van der Waals surface area contributed by atoms with E-state index in [0.29, 0.717) is 5.02 Å². The summed E-state index contributed by atoms with van der Waals surface area (Å²) in [5, 5.41) is 0.771. The van der Waals surface area contributed by atoms with Crippen molar-refractivity contribution in [2.45, 2.75) is 0 Å². The molecule has 0 saturated carbocycles. The highest BCUT2D eigenvalue weighted by atomic mass is 35.7. The molecule has 1 unspecified atom stereocenters. The molecular weight excluding hydrogens is 253 g/mol. The molecule has 0 saturated heterocycles. The third-order valence-corrected chi connectivity index (χ3v) is 2.42. The summed E-state index contributed by atoms with van der Waals surface area (Å²) in [6, 6.07) is 4.59. The second-order valence-corrected chi connectivity index (χ2v) is 6.77. The monoisotopic (exact) mass is 258 g/mol. The number of rotatable bonds is 2. The predicted octanol–water partition coefficient (Wildman–Crippen LogP) is 4.43. The third-order valence-electron chi connectivity index (χ3n) is 1.16. The van der Waals surface area contributed by atoms with Crippen molar-refractivity contribution in [2.24, 2.45) is 0 Å². The van der Waals surface area contributed by atoms with Crippen LogP contribution in [0, 0.1) is 0 Å². The van der Waals surface area contributed by atoms with Gasteiger partial charge in [-0.15, -0.1) is 0 Å². The van der Waals surface area contributed by atoms with E-state index < -0.39 is 6.72 Å². The zero-order valence-corrected chi connectivity index (χ0v) is 9.79. The van der Waals surface area contributed by atoms with Gasteiger partial charge in [-0.3, -0.25) is 4.57 Å². The lowest BCUT2D eigenvalue weighted by atomic mass is 10.3. The minimum Gasteiger partial charge on any atom is -0.431 e. The lowest BCUT2D eigenvalue weighted by molar-refractivity contribution is 0.504. The summed E-state index contributed by atoms with van der Waals surface area (Å²) in [5.41, 5.74) is 0. The fourth-order valence-electron chi connectivity index (χ4n) is 0.725. The molecule has 0 N–H and O–H groups in total. The molecule has 0 heterocycles. The van der Waals surface area contributed by atoms with Crippen molar-refractivity contribution in [3.8, 4) is 5.75 Å². The van der Waals surface area contributed by atoms with Crippen molar-refractivity contribution >= 4 is 41.2 Å². The van der Waals surface area contributed by atoms with Crippen LogP contribution < -0.4 is 4.52 Å². The van der Waals surface area contributed by atoms with Crippen molar-refractivity contribution in [2.75, 3.05) is 6.66 Å². The molecule has 0 aliphatic carbocycles. The molecule has 0 radical (unpaired) electrons. The average Bonchev–Trinajstić information content (AvgIpc) is 1.93. The first-order valence-electron chi connectivity index (χ1n) is 3.30. The molecule has 1 atom stereocenters. The molecule has 0 spiro atoms. The van der Waals surface area contributed by atoms with E-state index in [0.717, 1.165) is 0 Å². The predicted molar refractivity (Wildman–Crippen MR) is 56.5 cm³/mol. The molecule has 1 rings (SSSR count). The molecule has 13 heavy (non-hydrogen) atoms. The van der Waals surface area contributed by atoms with E-state index in [1.54, 1.807) is 6.07 Å². The van der Waals surface area contributed by atoms with Crippen molar-refractivity contribution in [3.63, 3.8) is 0 Å². The van der Waals surface area contributed by atoms with Gasteiger partial charge in [-0.25, -0.2) is 0 Å². The first-order valence-corrected chi connectivity index (χ1v) is 7.03. The molecule has 0 fully saturated rings. The van der Waals surface area contributed by atoms with Crippen LogP contribution in [0.4, 0.5) is 0 Å². The summed E-state index contributed by atoms with van der Waals surface area (Å²) in [6.45, 7) is -1.79. The zero-order chi connectivity index (χ0) is 10.1. The van der Waals surface area contributed by atoms with Crippen molar-refractivity contribution in [1.82, 2.24) is 0 Å². The lowest BCUT2D eigenvalue weighted by Crippen LogP contribution is -1.85. The molecule has 1 aromatic carbocycles. The summed E-state index contributed by atoms with van der Waals surface area (Å²) >= 11 is 16.8. The van der Waals surface area contributed by atoms with Crippen molar-refractivity contribution in [1.29, 1.82) is 0 Å². The summed E-state index contributed by atoms with van der Waals surface area (Å²) in [6.07, 6.45) is 0. The molecule has 0 amide bonds. The van der Waals surface area contributed by atoms with Gasteiger partial charge in [0.2, 0.25) is 0 Å². The van der Waals surface area contributed by atoms with Crippen molar-refractivity contribution in [3.05, 3.63) is 28.2 Å². The van der Waals surface area contributed by atoms with Gasteiger partial charge in [0.05, 0.1) is 5.02 Å². The normalized spacial score (nSPS) is 15.1. The number of benzene rings is 1. The highest BCUT2D eigenvalue weighted by Crippen LogP contribution is 2.49. The summed E-state index contributed by atoms with van der Waals surface area (Å²) in [5.74, 6) is 0.270. The van der Waals surface area contributed by atoms with Gasteiger partial charge in [-0.2, -0.15) is 0 Å². The Morgan fingerprint density at radius 2 is 2.00 bits per heavy atom. The molecule has 72 valence electrons. The Balaban J connectivity index is 2.97. The third kappa shape index (κ3) is 3.78. The molecule has 0 bridgehead atoms. The van der Waals surface area contributed by atoms with Gasteiger partial charge in [0.25, 0.3) is 0 Å². The van der Waals surface area contributed by atoms with Crippen LogP contribution in [0.5, 0.6) is 5.75 Å². The number of hydrogen-bond acceptors (Lipinski definition) is 2. The van der Waals surface area contributed by atoms with Crippen LogP contribution in [0.1, 0.15) is 0 Å². The van der Waals surface area contributed by atoms with Gasteiger partial charge in [0.1, 0.15) is 5.75 Å². The topological polar surface area (TPSA) is 26.3 Å². The van der Waals surface area contributed by atoms with E-state index >= 15 is 0 Å². The zero-order valence-electron chi connectivity index (χ0n) is 6.63. The number of hydrogen-bond donors (Lipinski definition) is 0. The van der Waals surface area contributed by atoms with Crippen LogP contribution in [0.25, 0.3) is 0 Å². The Morgan fingerprint density at radius 1 is 1.38 bits per heavy atom. The fourth-order valence-corrected chi connectivity index (χ4v) is 1.96. The second kappa shape index (κ2) is 4.10. The smallest absolute Gasteiger partial charge is 0.333 e. The quantitative estimate of drug-likeness (QED) is 0.734. The van der Waals surface area contributed by atoms with Crippen LogP contribution in [-0.4, -0.2) is 6.66 Å². The molecular formula is C7H6Cl3O2P. The van der Waals surface area contributed by atoms with Crippen molar-refractivity contribution < 1.29 is 9.09 Å². The fraction of sp³-hybridized carbons (Fsp3) is 0.143. The van der Waals surface area contributed by atoms with Crippen LogP contribution in [-0.2, 0) is 4.57 Å². The SMILES string of the molecule is CP(=O)(Cl)Oc1ccc(Cl)cc1Cl. The molecule has 2 nitrogen and oxygen atoms in total. The van der Waals surface area contributed by atoms with E-state index in [9.17, 15) is 4.57 Å². The first kappa shape index (κ1) is 11.2. The van der Waals surface area contributed by atoms with Gasteiger partial charge in [0, 0.05) is 11.7 Å². The number of halogens is 3. The summed E-state index contributed by atoms with van der Waals surface area (Å²) < 4.78 is 16.0. The average molecular weight is 259 g/mol. The minimum absolute atomic E-state index is 0.270. The van der Waals surface area contributed by atoms with E-state index in [1.807, 2.05) is 0 Å². The standard InChI is InChI=1S/C7H6Cl3O2P/c1-13(10,11)12-7-3-2-5(8)4-6(7)9/h2-4H,1H3. The molecule has 0 aromatic heterocycles. The van der Waals surface area contributed by atoms with E-state index in [-0.39, 0.29) is 10.8 Å². The molecule has 1 aromatic rings. The Bertz CT molecular complexity index is 361. The van der Waals surface area contributed by atoms with E-state index in [1.165, 1.54) is 18.8 Å². The Labute approximate surface area is 91.0 Å². The van der Waals surface area contributed by atoms with Gasteiger partial charge in [-0.05, 0) is 29.4 Å². The lowest BCUT2D eigenvalue weighted by Gasteiger charge is -2.09. The molecule has 0 aliphatic heterocycles. The highest BCUT2D eigenvalue weighted by Gasteiger charge is 2.14. The van der Waals surface area contributed by atoms with Crippen LogP contribution in [0.15, 0.2) is 18.2 Å². The first-order chi connectivity index (χ1) is 5.88. The van der Waals surface area contributed by atoms with Crippen LogP contribution in [0.2, 0.25) is 10.0 Å². The Morgan fingerprint density at radius 3 is 2.46 bits per heavy atom. The maximum Gasteiger partial charge on any atom is 0.333 e. The van der Waals surface area contributed by atoms with Crippen LogP contribution >= 0.6 is 41.2 Å². The van der Waals surface area contributed by atoms with Gasteiger partial charge in [0.15, 0.2) is 0 Å². The summed E-state index contributed by atoms with van der Waals surface area (Å²) in [7, 11) is 0.